The summed E-state index contributed by atoms with van der Waals surface area (Å²) in [5.41, 5.74) is 4.20. The molecule has 1 aromatic rings. The van der Waals surface area contributed by atoms with Crippen molar-refractivity contribution in [1.82, 2.24) is 15.6 Å². The topological polar surface area (TPSA) is 83.0 Å². The van der Waals surface area contributed by atoms with Crippen molar-refractivity contribution in [2.75, 3.05) is 33.3 Å². The van der Waals surface area contributed by atoms with E-state index in [1.807, 2.05) is 0 Å². The summed E-state index contributed by atoms with van der Waals surface area (Å²) in [4.78, 5) is 26.1. The molecule has 7 nitrogen and oxygen atoms in total. The van der Waals surface area contributed by atoms with Gasteiger partial charge in [-0.3, -0.25) is 9.59 Å². The van der Waals surface area contributed by atoms with Crippen LogP contribution in [0, 0.1) is 0 Å². The maximum Gasteiger partial charge on any atom is 0.252 e. The molecule has 2 N–H and O–H groups in total. The fourth-order valence-corrected chi connectivity index (χ4v) is 3.58. The molecule has 2 heterocycles. The van der Waals surface area contributed by atoms with E-state index in [0.717, 1.165) is 19.6 Å². The molecule has 2 aliphatic heterocycles. The molecule has 0 aliphatic carbocycles. The Balaban J connectivity index is 1.71. The molecular weight excluding hydrogens is 356 g/mol. The van der Waals surface area contributed by atoms with Gasteiger partial charge in [-0.25, -0.2) is 5.43 Å². The Hall–Kier alpha value is -2.12. The third kappa shape index (κ3) is 4.16. The third-order valence-corrected chi connectivity index (χ3v) is 5.05. The van der Waals surface area contributed by atoms with Crippen LogP contribution in [0.25, 0.3) is 0 Å². The number of carbonyl (C=O) groups excluding carboxylic acids is 2. The van der Waals surface area contributed by atoms with Crippen molar-refractivity contribution in [1.29, 1.82) is 0 Å². The number of hydrogen-bond donors (Lipinski definition) is 2. The Kier molecular flexibility index (Phi) is 6.11. The Bertz CT molecular complexity index is 729. The highest BCUT2D eigenvalue weighted by Crippen LogP contribution is 2.33. The number of benzene rings is 1. The summed E-state index contributed by atoms with van der Waals surface area (Å²) < 4.78 is 5.42. The van der Waals surface area contributed by atoms with E-state index in [1.54, 1.807) is 12.1 Å². The number of rotatable bonds is 6. The molecule has 0 bridgehead atoms. The highest BCUT2D eigenvalue weighted by atomic mass is 35.5. The van der Waals surface area contributed by atoms with Crippen LogP contribution in [0.15, 0.2) is 17.2 Å². The van der Waals surface area contributed by atoms with Crippen LogP contribution < -0.4 is 15.5 Å². The summed E-state index contributed by atoms with van der Waals surface area (Å²) in [5, 5.41) is 7.24. The lowest BCUT2D eigenvalue weighted by Crippen LogP contribution is -2.33. The van der Waals surface area contributed by atoms with E-state index in [1.165, 1.54) is 20.0 Å². The highest BCUT2D eigenvalue weighted by molar-refractivity contribution is 6.36. The van der Waals surface area contributed by atoms with Crippen LogP contribution in [-0.2, 0) is 4.79 Å². The molecule has 0 unspecified atom stereocenters. The van der Waals surface area contributed by atoms with Gasteiger partial charge < -0.3 is 15.0 Å². The number of nitrogens with one attached hydrogen (secondary N) is 2. The molecule has 1 fully saturated rings. The summed E-state index contributed by atoms with van der Waals surface area (Å²) in [6.07, 6.45) is 3.31. The van der Waals surface area contributed by atoms with E-state index in [0.29, 0.717) is 42.0 Å². The first-order chi connectivity index (χ1) is 12.6. The second-order valence-corrected chi connectivity index (χ2v) is 6.78. The third-order valence-electron chi connectivity index (χ3n) is 4.67. The van der Waals surface area contributed by atoms with Crippen LogP contribution in [0.1, 0.15) is 41.6 Å². The zero-order valence-electron chi connectivity index (χ0n) is 14.8. The number of hydrazone groups is 1. The summed E-state index contributed by atoms with van der Waals surface area (Å²) in [6, 6.07) is 3.43. The molecular formula is C18H23ClN4O3. The van der Waals surface area contributed by atoms with Gasteiger partial charge in [0, 0.05) is 31.5 Å². The van der Waals surface area contributed by atoms with E-state index < -0.39 is 0 Å². The van der Waals surface area contributed by atoms with Crippen LogP contribution in [-0.4, -0.2) is 55.7 Å². The molecule has 3 rings (SSSR count). The molecule has 0 atom stereocenters. The number of methoxy groups -OCH3 is 1. The standard InChI is InChI=1S/C18H23ClN4O3/c1-26-17-12(14-6-7-15(24)22-21-14)4-5-13(16(17)19)18(25)20-8-11-23-9-2-3-10-23/h4-5H,2-3,6-11H2,1H3,(H,20,25)(H,22,24). The lowest BCUT2D eigenvalue weighted by Gasteiger charge is -2.18. The van der Waals surface area contributed by atoms with Gasteiger partial charge >= 0.3 is 0 Å². The Morgan fingerprint density at radius 1 is 1.35 bits per heavy atom. The van der Waals surface area contributed by atoms with Gasteiger partial charge in [-0.05, 0) is 38.1 Å². The number of likely N-dealkylation sites (tertiary alicyclic amines) is 1. The van der Waals surface area contributed by atoms with E-state index in [9.17, 15) is 9.59 Å². The molecule has 0 spiro atoms. The highest BCUT2D eigenvalue weighted by Gasteiger charge is 2.22. The summed E-state index contributed by atoms with van der Waals surface area (Å²) in [6.45, 7) is 3.61. The zero-order valence-corrected chi connectivity index (χ0v) is 15.6. The predicted octanol–water partition coefficient (Wildman–Crippen LogP) is 1.79. The SMILES string of the molecule is COc1c(C2=NNC(=O)CC2)ccc(C(=O)NCCN2CCCC2)c1Cl. The number of nitrogens with zero attached hydrogens (tertiary/aromatic N) is 2. The Morgan fingerprint density at radius 2 is 2.12 bits per heavy atom. The van der Waals surface area contributed by atoms with Gasteiger partial charge in [0.25, 0.3) is 5.91 Å². The van der Waals surface area contributed by atoms with Crippen molar-refractivity contribution in [3.8, 4) is 5.75 Å². The van der Waals surface area contributed by atoms with E-state index in [2.05, 4.69) is 20.7 Å². The van der Waals surface area contributed by atoms with Gasteiger partial charge in [0.05, 0.1) is 23.4 Å². The fraction of sp³-hybridized carbons (Fsp3) is 0.500. The van der Waals surface area contributed by atoms with E-state index >= 15 is 0 Å². The minimum absolute atomic E-state index is 0.118. The lowest BCUT2D eigenvalue weighted by atomic mass is 10.0. The van der Waals surface area contributed by atoms with Crippen LogP contribution in [0.5, 0.6) is 5.75 Å². The Labute approximate surface area is 157 Å². The fourth-order valence-electron chi connectivity index (χ4n) is 3.26. The van der Waals surface area contributed by atoms with Crippen molar-refractivity contribution >= 4 is 29.1 Å². The largest absolute Gasteiger partial charge is 0.494 e. The molecule has 1 saturated heterocycles. The number of halogens is 1. The normalized spacial score (nSPS) is 17.6. The number of ether oxygens (including phenoxy) is 1. The average molecular weight is 379 g/mol. The smallest absolute Gasteiger partial charge is 0.252 e. The van der Waals surface area contributed by atoms with Crippen LogP contribution in [0.4, 0.5) is 0 Å². The van der Waals surface area contributed by atoms with Crippen LogP contribution >= 0.6 is 11.6 Å². The average Bonchev–Trinajstić information content (AvgIpc) is 3.15. The molecule has 0 radical (unpaired) electrons. The summed E-state index contributed by atoms with van der Waals surface area (Å²) in [5.74, 6) is 0.0551. The lowest BCUT2D eigenvalue weighted by molar-refractivity contribution is -0.121. The van der Waals surface area contributed by atoms with Crippen molar-refractivity contribution in [3.63, 3.8) is 0 Å². The molecule has 1 aromatic carbocycles. The quantitative estimate of drug-likeness (QED) is 0.790. The van der Waals surface area contributed by atoms with E-state index in [4.69, 9.17) is 16.3 Å². The van der Waals surface area contributed by atoms with Crippen molar-refractivity contribution < 1.29 is 14.3 Å². The minimum atomic E-state index is -0.224. The number of amides is 2. The monoisotopic (exact) mass is 378 g/mol. The minimum Gasteiger partial charge on any atom is -0.494 e. The van der Waals surface area contributed by atoms with Gasteiger partial charge in [-0.2, -0.15) is 5.10 Å². The molecule has 0 aromatic heterocycles. The van der Waals surface area contributed by atoms with Crippen LogP contribution in [0.3, 0.4) is 0 Å². The number of carbonyl (C=O) groups is 2. The molecule has 140 valence electrons. The van der Waals surface area contributed by atoms with Gasteiger partial charge in [0.1, 0.15) is 5.75 Å². The molecule has 2 aliphatic rings. The van der Waals surface area contributed by atoms with Crippen molar-refractivity contribution in [3.05, 3.63) is 28.3 Å². The van der Waals surface area contributed by atoms with Gasteiger partial charge in [0.2, 0.25) is 5.91 Å². The van der Waals surface area contributed by atoms with Gasteiger partial charge in [-0.1, -0.05) is 11.6 Å². The molecule has 8 heteroatoms. The molecule has 0 saturated carbocycles. The maximum atomic E-state index is 12.5. The maximum absolute atomic E-state index is 12.5. The van der Waals surface area contributed by atoms with Crippen molar-refractivity contribution in [2.24, 2.45) is 5.10 Å². The summed E-state index contributed by atoms with van der Waals surface area (Å²) >= 11 is 6.42. The first-order valence-electron chi connectivity index (χ1n) is 8.83. The molecule has 26 heavy (non-hydrogen) atoms. The predicted molar refractivity (Wildman–Crippen MR) is 99.9 cm³/mol. The molecule has 2 amide bonds. The van der Waals surface area contributed by atoms with Gasteiger partial charge in [0.15, 0.2) is 0 Å². The van der Waals surface area contributed by atoms with Gasteiger partial charge in [-0.15, -0.1) is 0 Å². The van der Waals surface area contributed by atoms with E-state index in [-0.39, 0.29) is 16.8 Å². The van der Waals surface area contributed by atoms with Crippen LogP contribution in [0.2, 0.25) is 5.02 Å². The number of hydrogen-bond acceptors (Lipinski definition) is 5. The zero-order chi connectivity index (χ0) is 18.5. The first-order valence-corrected chi connectivity index (χ1v) is 9.20. The van der Waals surface area contributed by atoms with Crippen molar-refractivity contribution in [2.45, 2.75) is 25.7 Å². The second kappa shape index (κ2) is 8.51. The summed E-state index contributed by atoms with van der Waals surface area (Å²) in [7, 11) is 1.50. The first kappa shape index (κ1) is 18.7. The second-order valence-electron chi connectivity index (χ2n) is 6.41. The Morgan fingerprint density at radius 3 is 2.77 bits per heavy atom.